The molecule has 2 heterocycles. The second-order valence-corrected chi connectivity index (χ2v) is 2.96. The van der Waals surface area contributed by atoms with Gasteiger partial charge in [-0.25, -0.2) is 9.26 Å². The number of nitrogens with two attached hydrogens (primary N) is 2. The molecule has 0 saturated heterocycles. The van der Waals surface area contributed by atoms with Crippen LogP contribution in [0.15, 0.2) is 9.26 Å². The van der Waals surface area contributed by atoms with Crippen LogP contribution in [0.2, 0.25) is 0 Å². The van der Waals surface area contributed by atoms with Crippen molar-refractivity contribution >= 4 is 11.6 Å². The predicted molar refractivity (Wildman–Crippen MR) is 53.0 cm³/mol. The molecule has 0 aliphatic heterocycles. The fourth-order valence-corrected chi connectivity index (χ4v) is 0.972. The molecule has 0 fully saturated rings. The molecule has 0 aromatic carbocycles. The fraction of sp³-hybridized carbons (Fsp3) is 0.429. The van der Waals surface area contributed by atoms with Crippen LogP contribution in [0.1, 0.15) is 6.42 Å². The largest absolute Gasteiger partial charge is 0.473 e. The molecule has 92 valence electrons. The van der Waals surface area contributed by atoms with Crippen molar-refractivity contribution < 1.29 is 18.7 Å². The highest BCUT2D eigenvalue weighted by Gasteiger charge is 2.08. The summed E-state index contributed by atoms with van der Waals surface area (Å²) in [6.07, 6.45) is 0.568. The molecule has 0 radical (unpaired) electrons. The molecule has 10 nitrogen and oxygen atoms in total. The van der Waals surface area contributed by atoms with Gasteiger partial charge in [-0.3, -0.25) is 0 Å². The zero-order valence-corrected chi connectivity index (χ0v) is 8.70. The minimum atomic E-state index is 0.107. The standard InChI is InChI=1S/C7H10N6O4/c8-4-6(12-16-10-4)14-2-1-3-15-7-5(9)11-17-13-7/h1-3H2,(H2,8,10)(H2,9,11). The number of hydrogen-bond donors (Lipinski definition) is 2. The molecule has 0 aliphatic rings. The van der Waals surface area contributed by atoms with E-state index in [-0.39, 0.29) is 23.4 Å². The van der Waals surface area contributed by atoms with Gasteiger partial charge in [0.25, 0.3) is 11.8 Å². The highest BCUT2D eigenvalue weighted by atomic mass is 16.6. The summed E-state index contributed by atoms with van der Waals surface area (Å²) in [6, 6.07) is 0. The van der Waals surface area contributed by atoms with Crippen LogP contribution in [0.25, 0.3) is 0 Å². The molecular formula is C7H10N6O4. The average Bonchev–Trinajstić information content (AvgIpc) is 2.89. The molecule has 0 atom stereocenters. The number of ether oxygens (including phenoxy) is 2. The van der Waals surface area contributed by atoms with E-state index in [1.807, 2.05) is 0 Å². The summed E-state index contributed by atoms with van der Waals surface area (Å²) in [5.74, 6) is 0.534. The molecule has 0 aliphatic carbocycles. The topological polar surface area (TPSA) is 148 Å². The van der Waals surface area contributed by atoms with Gasteiger partial charge in [-0.05, 0) is 20.6 Å². The molecule has 2 aromatic heterocycles. The summed E-state index contributed by atoms with van der Waals surface area (Å²) >= 11 is 0. The summed E-state index contributed by atoms with van der Waals surface area (Å²) in [7, 11) is 0. The van der Waals surface area contributed by atoms with Gasteiger partial charge in [0.15, 0.2) is 0 Å². The Labute approximate surface area is 94.8 Å². The maximum Gasteiger partial charge on any atom is 0.300 e. The van der Waals surface area contributed by atoms with Crippen LogP contribution in [-0.4, -0.2) is 33.8 Å². The minimum Gasteiger partial charge on any atom is -0.473 e. The van der Waals surface area contributed by atoms with Crippen LogP contribution in [0, 0.1) is 0 Å². The Bertz CT molecular complexity index is 426. The van der Waals surface area contributed by atoms with Gasteiger partial charge in [0.05, 0.1) is 13.2 Å². The Morgan fingerprint density at radius 3 is 1.65 bits per heavy atom. The number of anilines is 2. The highest BCUT2D eigenvalue weighted by Crippen LogP contribution is 2.15. The molecule has 10 heteroatoms. The van der Waals surface area contributed by atoms with E-state index >= 15 is 0 Å². The Kier molecular flexibility index (Phi) is 3.23. The molecule has 2 aromatic rings. The van der Waals surface area contributed by atoms with Gasteiger partial charge < -0.3 is 20.9 Å². The van der Waals surface area contributed by atoms with E-state index in [4.69, 9.17) is 20.9 Å². The van der Waals surface area contributed by atoms with Crippen LogP contribution in [0.5, 0.6) is 11.8 Å². The van der Waals surface area contributed by atoms with Crippen molar-refractivity contribution in [1.82, 2.24) is 20.6 Å². The molecule has 4 N–H and O–H groups in total. The van der Waals surface area contributed by atoms with Gasteiger partial charge in [0.1, 0.15) is 0 Å². The minimum absolute atomic E-state index is 0.107. The second-order valence-electron chi connectivity index (χ2n) is 2.96. The van der Waals surface area contributed by atoms with E-state index in [1.165, 1.54) is 0 Å². The van der Waals surface area contributed by atoms with Crippen LogP contribution < -0.4 is 20.9 Å². The maximum absolute atomic E-state index is 5.38. The van der Waals surface area contributed by atoms with Gasteiger partial charge in [0, 0.05) is 6.42 Å². The molecule has 17 heavy (non-hydrogen) atoms. The third-order valence-electron chi connectivity index (χ3n) is 1.73. The van der Waals surface area contributed by atoms with Crippen molar-refractivity contribution in [1.29, 1.82) is 0 Å². The molecular weight excluding hydrogens is 232 g/mol. The number of aromatic nitrogens is 4. The zero-order chi connectivity index (χ0) is 12.1. The monoisotopic (exact) mass is 242 g/mol. The van der Waals surface area contributed by atoms with Crippen molar-refractivity contribution in [3.05, 3.63) is 0 Å². The summed E-state index contributed by atoms with van der Waals surface area (Å²) in [6.45, 7) is 0.674. The predicted octanol–water partition coefficient (Wildman–Crippen LogP) is -0.535. The van der Waals surface area contributed by atoms with Gasteiger partial charge in [-0.15, -0.1) is 0 Å². The summed E-state index contributed by atoms with van der Waals surface area (Å²) in [4.78, 5) is 0. The first-order valence-electron chi connectivity index (χ1n) is 4.69. The van der Waals surface area contributed by atoms with Gasteiger partial charge in [0.2, 0.25) is 11.6 Å². The summed E-state index contributed by atoms with van der Waals surface area (Å²) in [5, 5.41) is 13.6. The van der Waals surface area contributed by atoms with E-state index in [1.54, 1.807) is 0 Å². The van der Waals surface area contributed by atoms with E-state index < -0.39 is 0 Å². The van der Waals surface area contributed by atoms with Crippen LogP contribution in [-0.2, 0) is 0 Å². The number of hydrogen-bond acceptors (Lipinski definition) is 10. The lowest BCUT2D eigenvalue weighted by Gasteiger charge is -2.03. The van der Waals surface area contributed by atoms with Crippen molar-refractivity contribution in [2.24, 2.45) is 0 Å². The smallest absolute Gasteiger partial charge is 0.300 e. The third kappa shape index (κ3) is 2.74. The lowest BCUT2D eigenvalue weighted by atomic mass is 10.5. The Morgan fingerprint density at radius 2 is 1.29 bits per heavy atom. The second kappa shape index (κ2) is 5.01. The van der Waals surface area contributed by atoms with E-state index in [0.29, 0.717) is 19.6 Å². The molecule has 0 spiro atoms. The van der Waals surface area contributed by atoms with Crippen LogP contribution in [0.4, 0.5) is 11.6 Å². The normalized spacial score (nSPS) is 10.4. The van der Waals surface area contributed by atoms with Crippen molar-refractivity contribution in [2.45, 2.75) is 6.42 Å². The SMILES string of the molecule is Nc1nonc1OCCCOc1nonc1N. The Hall–Kier alpha value is -2.52. The molecule has 0 bridgehead atoms. The first kappa shape index (κ1) is 11.0. The van der Waals surface area contributed by atoms with Crippen LogP contribution >= 0.6 is 0 Å². The quantitative estimate of drug-likeness (QED) is 0.632. The van der Waals surface area contributed by atoms with Crippen molar-refractivity contribution in [2.75, 3.05) is 24.7 Å². The van der Waals surface area contributed by atoms with E-state index in [2.05, 4.69) is 29.9 Å². The van der Waals surface area contributed by atoms with Crippen molar-refractivity contribution in [3.63, 3.8) is 0 Å². The number of nitrogen functional groups attached to an aromatic ring is 2. The summed E-state index contributed by atoms with van der Waals surface area (Å²) < 4.78 is 19.0. The third-order valence-corrected chi connectivity index (χ3v) is 1.73. The molecule has 0 amide bonds. The maximum atomic E-state index is 5.38. The summed E-state index contributed by atoms with van der Waals surface area (Å²) in [5.41, 5.74) is 10.8. The Morgan fingerprint density at radius 1 is 0.824 bits per heavy atom. The lowest BCUT2D eigenvalue weighted by Crippen LogP contribution is -2.07. The first-order chi connectivity index (χ1) is 8.27. The molecule has 0 saturated carbocycles. The van der Waals surface area contributed by atoms with Gasteiger partial charge in [-0.1, -0.05) is 0 Å². The number of nitrogens with zero attached hydrogens (tertiary/aromatic N) is 4. The van der Waals surface area contributed by atoms with Gasteiger partial charge >= 0.3 is 0 Å². The fourth-order valence-electron chi connectivity index (χ4n) is 0.972. The zero-order valence-electron chi connectivity index (χ0n) is 8.70. The number of rotatable bonds is 6. The van der Waals surface area contributed by atoms with Gasteiger partial charge in [-0.2, -0.15) is 0 Å². The van der Waals surface area contributed by atoms with Crippen LogP contribution in [0.3, 0.4) is 0 Å². The van der Waals surface area contributed by atoms with E-state index in [9.17, 15) is 0 Å². The molecule has 2 rings (SSSR count). The lowest BCUT2D eigenvalue weighted by molar-refractivity contribution is 0.214. The molecule has 0 unspecified atom stereocenters. The average molecular weight is 242 g/mol. The first-order valence-corrected chi connectivity index (χ1v) is 4.69. The Balaban J connectivity index is 1.64. The van der Waals surface area contributed by atoms with E-state index in [0.717, 1.165) is 0 Å². The highest BCUT2D eigenvalue weighted by molar-refractivity contribution is 5.37. The van der Waals surface area contributed by atoms with Crippen molar-refractivity contribution in [3.8, 4) is 11.8 Å².